The van der Waals surface area contributed by atoms with Gasteiger partial charge in [0.1, 0.15) is 11.6 Å². The van der Waals surface area contributed by atoms with Gasteiger partial charge in [0.15, 0.2) is 0 Å². The second-order valence-corrected chi connectivity index (χ2v) is 5.62. The van der Waals surface area contributed by atoms with Gasteiger partial charge in [-0.3, -0.25) is 29.1 Å². The number of amides is 2. The van der Waals surface area contributed by atoms with E-state index < -0.39 is 17.4 Å². The van der Waals surface area contributed by atoms with Crippen molar-refractivity contribution in [2.45, 2.75) is 12.8 Å². The minimum absolute atomic E-state index is 0.00572. The van der Waals surface area contributed by atoms with E-state index in [2.05, 4.69) is 5.32 Å². The summed E-state index contributed by atoms with van der Waals surface area (Å²) in [5.74, 6) is -1.20. The molecule has 0 fully saturated rings. The van der Waals surface area contributed by atoms with E-state index in [1.165, 1.54) is 4.57 Å². The number of rotatable bonds is 1. The van der Waals surface area contributed by atoms with Gasteiger partial charge in [-0.1, -0.05) is 6.07 Å². The summed E-state index contributed by atoms with van der Waals surface area (Å²) in [6.07, 6.45) is 0.711. The molecule has 23 heavy (non-hydrogen) atoms. The highest BCUT2D eigenvalue weighted by molar-refractivity contribution is 6.23. The molecule has 114 valence electrons. The molecule has 2 heterocycles. The van der Waals surface area contributed by atoms with Crippen LogP contribution in [0.2, 0.25) is 0 Å². The van der Waals surface area contributed by atoms with Crippen molar-refractivity contribution < 1.29 is 14.4 Å². The first-order chi connectivity index (χ1) is 11.0. The van der Waals surface area contributed by atoms with Crippen molar-refractivity contribution in [3.8, 4) is 5.69 Å². The van der Waals surface area contributed by atoms with Crippen molar-refractivity contribution in [1.82, 2.24) is 9.88 Å². The zero-order valence-electron chi connectivity index (χ0n) is 11.9. The Morgan fingerprint density at radius 2 is 1.70 bits per heavy atom. The normalized spacial score (nSPS) is 15.6. The number of nitrogens with zero attached hydrogens (tertiary/aromatic N) is 1. The van der Waals surface area contributed by atoms with Crippen molar-refractivity contribution >= 4 is 23.4 Å². The predicted molar refractivity (Wildman–Crippen MR) is 80.7 cm³/mol. The molecule has 0 spiro atoms. The Labute approximate surface area is 129 Å². The van der Waals surface area contributed by atoms with Gasteiger partial charge in [-0.15, -0.1) is 0 Å². The third-order valence-electron chi connectivity index (χ3n) is 4.18. The molecule has 7 nitrogen and oxygen atoms in total. The van der Waals surface area contributed by atoms with Crippen molar-refractivity contribution in [2.24, 2.45) is 0 Å². The summed E-state index contributed by atoms with van der Waals surface area (Å²) in [4.78, 5) is 47.4. The summed E-state index contributed by atoms with van der Waals surface area (Å²) in [6.45, 7) is 0. The lowest BCUT2D eigenvalue weighted by Crippen LogP contribution is -2.24. The van der Waals surface area contributed by atoms with Crippen LogP contribution in [0.5, 0.6) is 0 Å². The number of nitrogens with one attached hydrogen (secondary N) is 1. The number of benzene rings is 1. The summed E-state index contributed by atoms with van der Waals surface area (Å²) in [5.41, 5.74) is 7.71. The number of fused-ring (bicyclic) bond motifs is 2. The van der Waals surface area contributed by atoms with Crippen LogP contribution < -0.4 is 16.6 Å². The number of ketones is 1. The number of pyridine rings is 1. The van der Waals surface area contributed by atoms with E-state index in [1.54, 1.807) is 18.2 Å². The molecule has 0 saturated heterocycles. The number of hydrogen-bond donors (Lipinski definition) is 2. The molecule has 0 saturated carbocycles. The number of aromatic nitrogens is 1. The molecule has 0 bridgehead atoms. The van der Waals surface area contributed by atoms with E-state index in [-0.39, 0.29) is 22.7 Å². The van der Waals surface area contributed by atoms with Crippen LogP contribution in [-0.4, -0.2) is 22.2 Å². The fourth-order valence-corrected chi connectivity index (χ4v) is 3.12. The monoisotopic (exact) mass is 309 g/mol. The molecular weight excluding hydrogens is 298 g/mol. The molecule has 2 amide bonds. The molecule has 2 aromatic rings. The molecular formula is C16H11N3O4. The maximum atomic E-state index is 12.3. The van der Waals surface area contributed by atoms with Gasteiger partial charge in [0.05, 0.1) is 16.8 Å². The minimum atomic E-state index is -0.625. The third kappa shape index (κ3) is 1.83. The van der Waals surface area contributed by atoms with Gasteiger partial charge in [0.2, 0.25) is 0 Å². The smallest absolute Gasteiger partial charge is 0.262 e. The van der Waals surface area contributed by atoms with Gasteiger partial charge in [-0.25, -0.2) is 0 Å². The Kier molecular flexibility index (Phi) is 2.57. The highest BCUT2D eigenvalue weighted by Crippen LogP contribution is 2.26. The lowest BCUT2D eigenvalue weighted by molar-refractivity contribution is -0.117. The predicted octanol–water partition coefficient (Wildman–Crippen LogP) is -0.0290. The zero-order valence-corrected chi connectivity index (χ0v) is 11.9. The van der Waals surface area contributed by atoms with Gasteiger partial charge in [0.25, 0.3) is 17.4 Å². The molecule has 1 aliphatic carbocycles. The first-order valence-corrected chi connectivity index (χ1v) is 7.01. The number of carbonyl (C=O) groups is 3. The number of Topliss-reactive ketones (excluding diaryl/α,β-unsaturated/α-hetero) is 1. The van der Waals surface area contributed by atoms with Crippen LogP contribution in [0.25, 0.3) is 5.69 Å². The quantitative estimate of drug-likeness (QED) is 0.719. The molecule has 1 aromatic carbocycles. The Hall–Kier alpha value is -3.22. The number of imide groups is 1. The fraction of sp³-hybridized carbons (Fsp3) is 0.125. The molecule has 1 aliphatic heterocycles. The van der Waals surface area contributed by atoms with E-state index in [0.717, 1.165) is 17.2 Å². The van der Waals surface area contributed by atoms with Crippen molar-refractivity contribution in [2.75, 3.05) is 5.73 Å². The number of nitrogen functional groups attached to an aromatic ring is 1. The van der Waals surface area contributed by atoms with E-state index >= 15 is 0 Å². The van der Waals surface area contributed by atoms with Crippen molar-refractivity contribution in [1.29, 1.82) is 0 Å². The van der Waals surface area contributed by atoms with Crippen molar-refractivity contribution in [3.63, 3.8) is 0 Å². The third-order valence-corrected chi connectivity index (χ3v) is 4.18. The summed E-state index contributed by atoms with van der Waals surface area (Å²) in [5, 5.41) is 2.12. The highest BCUT2D eigenvalue weighted by atomic mass is 16.2. The maximum absolute atomic E-state index is 12.3. The van der Waals surface area contributed by atoms with Crippen LogP contribution in [0.15, 0.2) is 29.1 Å². The summed E-state index contributed by atoms with van der Waals surface area (Å²) < 4.78 is 1.18. The largest absolute Gasteiger partial charge is 0.384 e. The summed E-state index contributed by atoms with van der Waals surface area (Å²) in [6, 6.07) is 6.28. The van der Waals surface area contributed by atoms with Crippen LogP contribution in [0, 0.1) is 0 Å². The van der Waals surface area contributed by atoms with Crippen LogP contribution in [0.4, 0.5) is 5.82 Å². The molecule has 1 aromatic heterocycles. The van der Waals surface area contributed by atoms with E-state index in [0.29, 0.717) is 18.5 Å². The average Bonchev–Trinajstić information content (AvgIpc) is 2.98. The second kappa shape index (κ2) is 4.39. The van der Waals surface area contributed by atoms with Gasteiger partial charge in [-0.05, 0) is 23.3 Å². The van der Waals surface area contributed by atoms with E-state index in [4.69, 9.17) is 5.73 Å². The average molecular weight is 309 g/mol. The Morgan fingerprint density at radius 3 is 2.48 bits per heavy atom. The Morgan fingerprint density at radius 1 is 0.957 bits per heavy atom. The number of hydrogen-bond acceptors (Lipinski definition) is 5. The van der Waals surface area contributed by atoms with Crippen LogP contribution in [0.1, 0.15) is 31.8 Å². The van der Waals surface area contributed by atoms with Gasteiger partial charge >= 0.3 is 0 Å². The second-order valence-electron chi connectivity index (χ2n) is 5.62. The van der Waals surface area contributed by atoms with E-state index in [9.17, 15) is 19.2 Å². The molecule has 0 radical (unpaired) electrons. The molecule has 2 aliphatic rings. The van der Waals surface area contributed by atoms with Gasteiger partial charge in [-0.2, -0.15) is 0 Å². The van der Waals surface area contributed by atoms with Crippen LogP contribution in [0.3, 0.4) is 0 Å². The molecule has 0 atom stereocenters. The van der Waals surface area contributed by atoms with Gasteiger partial charge < -0.3 is 5.73 Å². The van der Waals surface area contributed by atoms with Crippen LogP contribution >= 0.6 is 0 Å². The molecule has 0 unspecified atom stereocenters. The van der Waals surface area contributed by atoms with Gasteiger partial charge in [0, 0.05) is 18.9 Å². The highest BCUT2D eigenvalue weighted by Gasteiger charge is 2.32. The minimum Gasteiger partial charge on any atom is -0.384 e. The molecule has 3 N–H and O–H groups in total. The number of anilines is 1. The molecule has 7 heteroatoms. The first-order valence-electron chi connectivity index (χ1n) is 7.01. The van der Waals surface area contributed by atoms with Crippen LogP contribution in [-0.2, 0) is 17.6 Å². The standard InChI is InChI=1S/C16H11N3O4/c17-14-13-11(15(22)18-16(13)23)6-12(21)19(14)9-2-1-7-4-10(20)5-8(7)3-9/h1-3,6H,4-5,17H2,(H,18,22,23). The SMILES string of the molecule is Nc1c2c(cc(=O)n1-c1ccc3c(c1)CC(=O)C3)C(=O)NC2=O. The molecule has 4 rings (SSSR count). The number of nitrogens with two attached hydrogens (primary N) is 1. The maximum Gasteiger partial charge on any atom is 0.262 e. The lowest BCUT2D eigenvalue weighted by atomic mass is 10.1. The summed E-state index contributed by atoms with van der Waals surface area (Å²) in [7, 11) is 0. The van der Waals surface area contributed by atoms with Crippen molar-refractivity contribution in [3.05, 3.63) is 56.9 Å². The number of carbonyl (C=O) groups excluding carboxylic acids is 3. The summed E-state index contributed by atoms with van der Waals surface area (Å²) >= 11 is 0. The first kappa shape index (κ1) is 13.4. The zero-order chi connectivity index (χ0) is 16.3. The Balaban J connectivity index is 1.95. The van der Waals surface area contributed by atoms with E-state index in [1.807, 2.05) is 0 Å². The lowest BCUT2D eigenvalue weighted by Gasteiger charge is -2.13. The fourth-order valence-electron chi connectivity index (χ4n) is 3.12. The topological polar surface area (TPSA) is 111 Å². The Bertz CT molecular complexity index is 988.